The number of anilines is 2. The fourth-order valence-electron chi connectivity index (χ4n) is 1.43. The molecule has 1 fully saturated rings. The molecule has 0 atom stereocenters. The fraction of sp³-hybridized carbons (Fsp3) is 0.222. The molecule has 0 unspecified atom stereocenters. The first kappa shape index (κ1) is 10.1. The van der Waals surface area contributed by atoms with Crippen molar-refractivity contribution in [1.82, 2.24) is 4.98 Å². The van der Waals surface area contributed by atoms with Gasteiger partial charge in [0.15, 0.2) is 11.6 Å². The summed E-state index contributed by atoms with van der Waals surface area (Å²) < 4.78 is 0.582. The summed E-state index contributed by atoms with van der Waals surface area (Å²) in [5.41, 5.74) is 6.08. The molecule has 1 saturated heterocycles. The van der Waals surface area contributed by atoms with E-state index in [1.807, 2.05) is 0 Å². The quantitative estimate of drug-likeness (QED) is 0.603. The number of nitrogens with zero attached hydrogens (tertiary/aromatic N) is 2. The number of hydrogen-bond acceptors (Lipinski definition) is 4. The van der Waals surface area contributed by atoms with Crippen molar-refractivity contribution >= 4 is 39.1 Å². The molecule has 0 spiro atoms. The van der Waals surface area contributed by atoms with Gasteiger partial charge in [0.2, 0.25) is 5.91 Å². The zero-order valence-electron chi connectivity index (χ0n) is 7.74. The Bertz CT molecular complexity index is 447. The van der Waals surface area contributed by atoms with Crippen LogP contribution in [0.25, 0.3) is 0 Å². The Morgan fingerprint density at radius 1 is 1.40 bits per heavy atom. The summed E-state index contributed by atoms with van der Waals surface area (Å²) in [5.74, 6) is -0.0151. The van der Waals surface area contributed by atoms with Gasteiger partial charge in [-0.25, -0.2) is 4.98 Å². The predicted octanol–water partition coefficient (Wildman–Crippen LogP) is 0.732. The van der Waals surface area contributed by atoms with Crippen molar-refractivity contribution in [2.45, 2.75) is 6.42 Å². The van der Waals surface area contributed by atoms with E-state index in [0.29, 0.717) is 16.1 Å². The van der Waals surface area contributed by atoms with Gasteiger partial charge in [-0.1, -0.05) is 0 Å². The molecule has 1 aliphatic rings. The lowest BCUT2D eigenvalue weighted by molar-refractivity contribution is -0.121. The summed E-state index contributed by atoms with van der Waals surface area (Å²) in [4.78, 5) is 27.9. The minimum Gasteiger partial charge on any atom is -0.396 e. The second-order valence-corrected chi connectivity index (χ2v) is 4.05. The Kier molecular flexibility index (Phi) is 2.44. The lowest BCUT2D eigenvalue weighted by Gasteiger charge is -2.15. The third-order valence-electron chi connectivity index (χ3n) is 2.11. The van der Waals surface area contributed by atoms with E-state index in [0.717, 1.165) is 0 Å². The molecule has 2 rings (SSSR count). The fourth-order valence-corrected chi connectivity index (χ4v) is 1.73. The number of pyridine rings is 1. The second-order valence-electron chi connectivity index (χ2n) is 3.24. The lowest BCUT2D eigenvalue weighted by Crippen LogP contribution is -2.26. The summed E-state index contributed by atoms with van der Waals surface area (Å²) in [6, 6.07) is 3.32. The number of amides is 1. The minimum atomic E-state index is -0.252. The number of rotatable bonds is 1. The largest absolute Gasteiger partial charge is 0.396 e. The Morgan fingerprint density at radius 3 is 2.73 bits per heavy atom. The van der Waals surface area contributed by atoms with E-state index in [-0.39, 0.29) is 24.7 Å². The summed E-state index contributed by atoms with van der Waals surface area (Å²) >= 11 is 3.19. The molecular weight excluding hydrogens is 262 g/mol. The Balaban J connectivity index is 2.41. The van der Waals surface area contributed by atoms with Gasteiger partial charge in [-0.05, 0) is 28.1 Å². The van der Waals surface area contributed by atoms with E-state index >= 15 is 0 Å². The Morgan fingerprint density at radius 2 is 2.13 bits per heavy atom. The Labute approximate surface area is 94.4 Å². The summed E-state index contributed by atoms with van der Waals surface area (Å²) in [5, 5.41) is 0. The van der Waals surface area contributed by atoms with Crippen molar-refractivity contribution in [3.8, 4) is 0 Å². The van der Waals surface area contributed by atoms with Gasteiger partial charge in [0, 0.05) is 0 Å². The third kappa shape index (κ3) is 1.85. The van der Waals surface area contributed by atoms with Crippen molar-refractivity contribution in [3.63, 3.8) is 0 Å². The summed E-state index contributed by atoms with van der Waals surface area (Å²) in [6.45, 7) is 0.0620. The molecular formula is C9H8BrN3O2. The molecule has 2 N–H and O–H groups in total. The maximum Gasteiger partial charge on any atom is 0.236 e. The van der Waals surface area contributed by atoms with Crippen LogP contribution in [0.4, 0.5) is 11.5 Å². The molecule has 0 aliphatic carbocycles. The van der Waals surface area contributed by atoms with Crippen LogP contribution in [0.2, 0.25) is 0 Å². The molecule has 5 nitrogen and oxygen atoms in total. The Hall–Kier alpha value is -1.43. The van der Waals surface area contributed by atoms with Crippen molar-refractivity contribution < 1.29 is 9.59 Å². The first-order valence-electron chi connectivity index (χ1n) is 4.32. The van der Waals surface area contributed by atoms with Gasteiger partial charge in [0.1, 0.15) is 4.60 Å². The van der Waals surface area contributed by atoms with Gasteiger partial charge in [0.05, 0.1) is 18.7 Å². The summed E-state index contributed by atoms with van der Waals surface area (Å²) in [6.07, 6.45) is -0.0619. The van der Waals surface area contributed by atoms with Crippen LogP contribution in [0, 0.1) is 0 Å². The average Bonchev–Trinajstić information content (AvgIpc) is 2.50. The SMILES string of the molecule is Nc1ccc(Br)nc1N1CC(=O)CC1=O. The first-order valence-corrected chi connectivity index (χ1v) is 5.11. The first-order chi connectivity index (χ1) is 7.08. The van der Waals surface area contributed by atoms with E-state index in [2.05, 4.69) is 20.9 Å². The number of hydrogen-bond donors (Lipinski definition) is 1. The van der Waals surface area contributed by atoms with Gasteiger partial charge in [0.25, 0.3) is 0 Å². The number of carbonyl (C=O) groups excluding carboxylic acids is 2. The molecule has 0 saturated carbocycles. The van der Waals surface area contributed by atoms with E-state index in [1.54, 1.807) is 12.1 Å². The number of Topliss-reactive ketones (excluding diaryl/α,β-unsaturated/α-hetero) is 1. The molecule has 1 aromatic heterocycles. The highest BCUT2D eigenvalue weighted by Crippen LogP contribution is 2.25. The van der Waals surface area contributed by atoms with Gasteiger partial charge in [-0.15, -0.1) is 0 Å². The zero-order valence-corrected chi connectivity index (χ0v) is 9.32. The average molecular weight is 270 g/mol. The highest BCUT2D eigenvalue weighted by Gasteiger charge is 2.30. The number of nitrogen functional groups attached to an aromatic ring is 1. The van der Waals surface area contributed by atoms with Crippen molar-refractivity contribution in [1.29, 1.82) is 0 Å². The number of halogens is 1. The van der Waals surface area contributed by atoms with Crippen LogP contribution in [0.15, 0.2) is 16.7 Å². The van der Waals surface area contributed by atoms with Crippen LogP contribution < -0.4 is 10.6 Å². The second kappa shape index (κ2) is 3.62. The van der Waals surface area contributed by atoms with Gasteiger partial charge >= 0.3 is 0 Å². The van der Waals surface area contributed by atoms with E-state index in [1.165, 1.54) is 4.90 Å². The number of ketones is 1. The van der Waals surface area contributed by atoms with Crippen LogP contribution in [-0.4, -0.2) is 23.2 Å². The van der Waals surface area contributed by atoms with Gasteiger partial charge in [-0.3, -0.25) is 14.5 Å². The molecule has 0 radical (unpaired) electrons. The number of aromatic nitrogens is 1. The highest BCUT2D eigenvalue weighted by atomic mass is 79.9. The monoisotopic (exact) mass is 269 g/mol. The molecule has 78 valence electrons. The molecule has 15 heavy (non-hydrogen) atoms. The van der Waals surface area contributed by atoms with Crippen molar-refractivity contribution in [2.24, 2.45) is 0 Å². The molecule has 0 bridgehead atoms. The van der Waals surface area contributed by atoms with Crippen molar-refractivity contribution in [2.75, 3.05) is 17.2 Å². The maximum absolute atomic E-state index is 11.4. The summed E-state index contributed by atoms with van der Waals surface area (Å²) in [7, 11) is 0. The number of nitrogens with two attached hydrogens (primary N) is 1. The maximum atomic E-state index is 11.4. The van der Waals surface area contributed by atoms with Crippen LogP contribution in [-0.2, 0) is 9.59 Å². The van der Waals surface area contributed by atoms with Gasteiger partial charge in [-0.2, -0.15) is 0 Å². The zero-order chi connectivity index (χ0) is 11.0. The normalized spacial score (nSPS) is 16.2. The highest BCUT2D eigenvalue weighted by molar-refractivity contribution is 9.10. The standard InChI is InChI=1S/C9H8BrN3O2/c10-7-2-1-6(11)9(12-7)13-4-5(14)3-8(13)15/h1-2H,3-4,11H2. The topological polar surface area (TPSA) is 76.3 Å². The number of carbonyl (C=O) groups is 2. The molecule has 2 heterocycles. The third-order valence-corrected chi connectivity index (χ3v) is 2.55. The van der Waals surface area contributed by atoms with Crippen LogP contribution in [0.3, 0.4) is 0 Å². The smallest absolute Gasteiger partial charge is 0.236 e. The lowest BCUT2D eigenvalue weighted by atomic mass is 10.3. The molecule has 1 amide bonds. The van der Waals surface area contributed by atoms with Gasteiger partial charge < -0.3 is 5.73 Å². The van der Waals surface area contributed by atoms with E-state index in [4.69, 9.17) is 5.73 Å². The molecule has 0 aromatic carbocycles. The van der Waals surface area contributed by atoms with Crippen molar-refractivity contribution in [3.05, 3.63) is 16.7 Å². The van der Waals surface area contributed by atoms with Crippen LogP contribution >= 0.6 is 15.9 Å². The van der Waals surface area contributed by atoms with Crippen LogP contribution in [0.5, 0.6) is 0 Å². The molecule has 1 aliphatic heterocycles. The van der Waals surface area contributed by atoms with E-state index < -0.39 is 0 Å². The van der Waals surface area contributed by atoms with E-state index in [9.17, 15) is 9.59 Å². The molecule has 6 heteroatoms. The minimum absolute atomic E-state index is 0.0619. The molecule has 1 aromatic rings. The predicted molar refractivity (Wildman–Crippen MR) is 58.3 cm³/mol. The van der Waals surface area contributed by atoms with Crippen LogP contribution in [0.1, 0.15) is 6.42 Å².